The average molecular weight is 236 g/mol. The highest BCUT2D eigenvalue weighted by Gasteiger charge is 2.11. The van der Waals surface area contributed by atoms with E-state index in [-0.39, 0.29) is 11.6 Å². The van der Waals surface area contributed by atoms with Crippen molar-refractivity contribution < 1.29 is 4.52 Å². The first-order chi connectivity index (χ1) is 8.11. The minimum Gasteiger partial charge on any atom is -0.337 e. The molecule has 2 rings (SSSR count). The summed E-state index contributed by atoms with van der Waals surface area (Å²) in [5, 5.41) is 3.86. The molecule has 2 aromatic rings. The molecule has 0 unspecified atom stereocenters. The Bertz CT molecular complexity index is 550. The lowest BCUT2D eigenvalue weighted by molar-refractivity contribution is 0.363. The maximum Gasteiger partial charge on any atom is 0.328 e. The van der Waals surface area contributed by atoms with Gasteiger partial charge >= 0.3 is 5.69 Å². The van der Waals surface area contributed by atoms with E-state index in [0.29, 0.717) is 24.8 Å². The number of aryl methyl sites for hydroxylation is 1. The highest BCUT2D eigenvalue weighted by molar-refractivity contribution is 4.93. The van der Waals surface area contributed by atoms with Crippen LogP contribution in [0.15, 0.2) is 21.7 Å². The molecule has 6 nitrogen and oxygen atoms in total. The summed E-state index contributed by atoms with van der Waals surface area (Å²) in [5.74, 6) is 1.36. The zero-order chi connectivity index (χ0) is 12.4. The SMILES string of the molecule is CCn1ccn(Cc2nc(C(C)C)no2)c1=O. The van der Waals surface area contributed by atoms with Crippen molar-refractivity contribution in [1.29, 1.82) is 0 Å². The van der Waals surface area contributed by atoms with Crippen molar-refractivity contribution in [2.75, 3.05) is 0 Å². The molecule has 2 aromatic heterocycles. The van der Waals surface area contributed by atoms with E-state index >= 15 is 0 Å². The van der Waals surface area contributed by atoms with Gasteiger partial charge in [-0.25, -0.2) is 4.79 Å². The summed E-state index contributed by atoms with van der Waals surface area (Å²) in [6.07, 6.45) is 3.48. The first kappa shape index (κ1) is 11.6. The van der Waals surface area contributed by atoms with Crippen molar-refractivity contribution >= 4 is 0 Å². The van der Waals surface area contributed by atoms with Gasteiger partial charge in [-0.15, -0.1) is 0 Å². The molecule has 0 bridgehead atoms. The quantitative estimate of drug-likeness (QED) is 0.800. The summed E-state index contributed by atoms with van der Waals surface area (Å²) in [6.45, 7) is 6.90. The average Bonchev–Trinajstić information content (AvgIpc) is 2.88. The minimum atomic E-state index is -0.0585. The molecule has 0 saturated carbocycles. The highest BCUT2D eigenvalue weighted by Crippen LogP contribution is 2.09. The molecule has 0 aliphatic rings. The molecule has 0 spiro atoms. The molecule has 0 fully saturated rings. The van der Waals surface area contributed by atoms with Gasteiger partial charge in [-0.05, 0) is 6.92 Å². The molecule has 17 heavy (non-hydrogen) atoms. The second-order valence-electron chi connectivity index (χ2n) is 4.20. The van der Waals surface area contributed by atoms with Crippen LogP contribution in [-0.4, -0.2) is 19.3 Å². The van der Waals surface area contributed by atoms with E-state index in [0.717, 1.165) is 0 Å². The Morgan fingerprint density at radius 2 is 2.06 bits per heavy atom. The summed E-state index contributed by atoms with van der Waals surface area (Å²) in [7, 11) is 0. The standard InChI is InChI=1S/C11H16N4O2/c1-4-14-5-6-15(11(14)16)7-9-12-10(8(2)3)13-17-9/h5-6,8H,4,7H2,1-3H3. The van der Waals surface area contributed by atoms with Gasteiger partial charge in [0.2, 0.25) is 5.89 Å². The fourth-order valence-corrected chi connectivity index (χ4v) is 1.53. The summed E-state index contributed by atoms with van der Waals surface area (Å²) in [5.41, 5.74) is -0.0585. The molecule has 0 amide bonds. The van der Waals surface area contributed by atoms with Crippen molar-refractivity contribution in [3.05, 3.63) is 34.6 Å². The minimum absolute atomic E-state index is 0.0585. The van der Waals surface area contributed by atoms with Crippen LogP contribution in [0.3, 0.4) is 0 Å². The van der Waals surface area contributed by atoms with Crippen LogP contribution in [0.5, 0.6) is 0 Å². The third kappa shape index (κ3) is 2.30. The molecule has 0 radical (unpaired) electrons. The number of imidazole rings is 1. The van der Waals surface area contributed by atoms with Gasteiger partial charge in [0.25, 0.3) is 0 Å². The number of hydrogen-bond donors (Lipinski definition) is 0. The Morgan fingerprint density at radius 3 is 2.59 bits per heavy atom. The van der Waals surface area contributed by atoms with Gasteiger partial charge < -0.3 is 4.52 Å². The van der Waals surface area contributed by atoms with Crippen LogP contribution in [0, 0.1) is 0 Å². The highest BCUT2D eigenvalue weighted by atomic mass is 16.5. The Hall–Kier alpha value is -1.85. The van der Waals surface area contributed by atoms with Gasteiger partial charge in [-0.2, -0.15) is 4.98 Å². The number of nitrogens with zero attached hydrogens (tertiary/aromatic N) is 4. The van der Waals surface area contributed by atoms with E-state index in [2.05, 4.69) is 10.1 Å². The first-order valence-corrected chi connectivity index (χ1v) is 5.70. The molecule has 0 aromatic carbocycles. The van der Waals surface area contributed by atoms with Gasteiger partial charge in [0.1, 0.15) is 6.54 Å². The van der Waals surface area contributed by atoms with E-state index in [4.69, 9.17) is 4.52 Å². The first-order valence-electron chi connectivity index (χ1n) is 5.70. The number of hydrogen-bond acceptors (Lipinski definition) is 4. The van der Waals surface area contributed by atoms with Gasteiger partial charge in [-0.3, -0.25) is 9.13 Å². The topological polar surface area (TPSA) is 65.8 Å². The molecular weight excluding hydrogens is 220 g/mol. The predicted octanol–water partition coefficient (Wildman–Crippen LogP) is 1.22. The molecule has 92 valence electrons. The normalized spacial score (nSPS) is 11.3. The molecule has 0 saturated heterocycles. The van der Waals surface area contributed by atoms with Crippen molar-refractivity contribution in [2.24, 2.45) is 0 Å². The van der Waals surface area contributed by atoms with E-state index in [1.54, 1.807) is 21.5 Å². The zero-order valence-corrected chi connectivity index (χ0v) is 10.3. The largest absolute Gasteiger partial charge is 0.337 e. The monoisotopic (exact) mass is 236 g/mol. The van der Waals surface area contributed by atoms with Crippen molar-refractivity contribution in [2.45, 2.75) is 39.8 Å². The maximum atomic E-state index is 11.8. The van der Waals surface area contributed by atoms with E-state index in [1.807, 2.05) is 20.8 Å². The van der Waals surface area contributed by atoms with Crippen molar-refractivity contribution in [3.63, 3.8) is 0 Å². The number of rotatable bonds is 4. The van der Waals surface area contributed by atoms with Gasteiger partial charge in [-0.1, -0.05) is 19.0 Å². The van der Waals surface area contributed by atoms with Crippen LogP contribution in [0.4, 0.5) is 0 Å². The fraction of sp³-hybridized carbons (Fsp3) is 0.545. The van der Waals surface area contributed by atoms with E-state index in [9.17, 15) is 4.79 Å². The van der Waals surface area contributed by atoms with Crippen LogP contribution >= 0.6 is 0 Å². The molecule has 0 atom stereocenters. The second-order valence-corrected chi connectivity index (χ2v) is 4.20. The summed E-state index contributed by atoms with van der Waals surface area (Å²) in [4.78, 5) is 16.0. The van der Waals surface area contributed by atoms with Crippen LogP contribution in [-0.2, 0) is 13.1 Å². The maximum absolute atomic E-state index is 11.8. The molecule has 0 aliphatic carbocycles. The fourth-order valence-electron chi connectivity index (χ4n) is 1.53. The Kier molecular flexibility index (Phi) is 3.12. The molecule has 0 aliphatic heterocycles. The Balaban J connectivity index is 2.19. The third-order valence-corrected chi connectivity index (χ3v) is 2.56. The van der Waals surface area contributed by atoms with Gasteiger partial charge in [0.05, 0.1) is 0 Å². The zero-order valence-electron chi connectivity index (χ0n) is 10.3. The van der Waals surface area contributed by atoms with Crippen LogP contribution in [0.25, 0.3) is 0 Å². The smallest absolute Gasteiger partial charge is 0.328 e. The number of aromatic nitrogens is 4. The van der Waals surface area contributed by atoms with Crippen molar-refractivity contribution in [3.8, 4) is 0 Å². The molecule has 2 heterocycles. The lowest BCUT2D eigenvalue weighted by Crippen LogP contribution is -2.23. The van der Waals surface area contributed by atoms with Crippen molar-refractivity contribution in [1.82, 2.24) is 19.3 Å². The van der Waals surface area contributed by atoms with Crippen LogP contribution < -0.4 is 5.69 Å². The lowest BCUT2D eigenvalue weighted by atomic mass is 10.2. The summed E-state index contributed by atoms with van der Waals surface area (Å²) < 4.78 is 8.28. The summed E-state index contributed by atoms with van der Waals surface area (Å²) >= 11 is 0. The van der Waals surface area contributed by atoms with Crippen LogP contribution in [0.1, 0.15) is 38.4 Å². The van der Waals surface area contributed by atoms with E-state index in [1.165, 1.54) is 0 Å². The Morgan fingerprint density at radius 1 is 1.35 bits per heavy atom. The molecule has 0 N–H and O–H groups in total. The van der Waals surface area contributed by atoms with E-state index < -0.39 is 0 Å². The van der Waals surface area contributed by atoms with Crippen LogP contribution in [0.2, 0.25) is 0 Å². The molecular formula is C11H16N4O2. The van der Waals surface area contributed by atoms with Gasteiger partial charge in [0, 0.05) is 24.9 Å². The Labute approximate surface area is 98.9 Å². The predicted molar refractivity (Wildman–Crippen MR) is 61.9 cm³/mol. The molecule has 6 heteroatoms. The van der Waals surface area contributed by atoms with Gasteiger partial charge in [0.15, 0.2) is 5.82 Å². The third-order valence-electron chi connectivity index (χ3n) is 2.56. The summed E-state index contributed by atoms with van der Waals surface area (Å²) in [6, 6.07) is 0. The second kappa shape index (κ2) is 4.57. The lowest BCUT2D eigenvalue weighted by Gasteiger charge is -1.96.